The summed E-state index contributed by atoms with van der Waals surface area (Å²) in [6.07, 6.45) is -0.457. The second kappa shape index (κ2) is 5.72. The van der Waals surface area contributed by atoms with Crippen LogP contribution in [0.15, 0.2) is 0 Å². The van der Waals surface area contributed by atoms with Crippen molar-refractivity contribution in [2.24, 2.45) is 5.92 Å². The van der Waals surface area contributed by atoms with E-state index in [4.69, 9.17) is 11.2 Å². The Hall–Kier alpha value is -1.26. The number of aliphatic carboxylic acids is 1. The maximum atomic E-state index is 11.4. The van der Waals surface area contributed by atoms with Crippen LogP contribution in [0, 0.1) is 5.92 Å². The quantitative estimate of drug-likeness (QED) is 0.777. The highest BCUT2D eigenvalue weighted by Gasteiger charge is 2.24. The van der Waals surface area contributed by atoms with Crippen LogP contribution in [0.4, 0.5) is 4.79 Å². The van der Waals surface area contributed by atoms with Crippen molar-refractivity contribution in [3.8, 4) is 0 Å². The second-order valence-electron chi connectivity index (χ2n) is 4.81. The van der Waals surface area contributed by atoms with Crippen LogP contribution in [0.25, 0.3) is 0 Å². The van der Waals surface area contributed by atoms with Gasteiger partial charge in [0.15, 0.2) is 0 Å². The Bertz CT molecular complexity index is 279. The SMILES string of the molecule is [2H]CC(C)(C)OC(=O)N[C@@H](CC(C)C)C(=O)O. The van der Waals surface area contributed by atoms with E-state index in [0.29, 0.717) is 6.42 Å². The van der Waals surface area contributed by atoms with Crippen LogP contribution in [-0.2, 0) is 9.53 Å². The van der Waals surface area contributed by atoms with E-state index in [1.807, 2.05) is 13.8 Å². The summed E-state index contributed by atoms with van der Waals surface area (Å²) in [7, 11) is 0. The lowest BCUT2D eigenvalue weighted by Gasteiger charge is -2.22. The third-order valence-electron chi connectivity index (χ3n) is 1.67. The van der Waals surface area contributed by atoms with Gasteiger partial charge in [-0.15, -0.1) is 0 Å². The third-order valence-corrected chi connectivity index (χ3v) is 1.67. The smallest absolute Gasteiger partial charge is 0.408 e. The molecule has 1 atom stereocenters. The fourth-order valence-corrected chi connectivity index (χ4v) is 1.12. The minimum atomic E-state index is -1.08. The minimum absolute atomic E-state index is 0.0810. The van der Waals surface area contributed by atoms with Gasteiger partial charge < -0.3 is 15.2 Å². The molecule has 0 aromatic heterocycles. The van der Waals surface area contributed by atoms with E-state index in [1.54, 1.807) is 13.8 Å². The van der Waals surface area contributed by atoms with E-state index in [1.165, 1.54) is 0 Å². The molecule has 0 unspecified atom stereocenters. The van der Waals surface area contributed by atoms with E-state index >= 15 is 0 Å². The number of carbonyl (C=O) groups is 2. The van der Waals surface area contributed by atoms with Gasteiger partial charge in [0.2, 0.25) is 0 Å². The number of ether oxygens (including phenoxy) is 1. The Morgan fingerprint density at radius 1 is 1.50 bits per heavy atom. The van der Waals surface area contributed by atoms with Crippen LogP contribution in [0.1, 0.15) is 42.4 Å². The first kappa shape index (κ1) is 12.8. The molecule has 0 saturated carbocycles. The van der Waals surface area contributed by atoms with Gasteiger partial charge in [-0.3, -0.25) is 0 Å². The van der Waals surface area contributed by atoms with Gasteiger partial charge in [-0.1, -0.05) is 13.8 Å². The van der Waals surface area contributed by atoms with Crippen molar-refractivity contribution in [2.45, 2.75) is 52.7 Å². The van der Waals surface area contributed by atoms with E-state index in [0.717, 1.165) is 0 Å². The molecule has 0 aromatic rings. The summed E-state index contributed by atoms with van der Waals surface area (Å²) in [6, 6.07) is -0.955. The molecular formula is C11H21NO4. The van der Waals surface area contributed by atoms with E-state index < -0.39 is 23.7 Å². The summed E-state index contributed by atoms with van der Waals surface area (Å²) in [4.78, 5) is 22.3. The third kappa shape index (κ3) is 7.09. The zero-order chi connectivity index (χ0) is 13.6. The number of carbonyl (C=O) groups excluding carboxylic acids is 1. The van der Waals surface area contributed by atoms with Crippen LogP contribution in [0.2, 0.25) is 0 Å². The van der Waals surface area contributed by atoms with Gasteiger partial charge in [0.25, 0.3) is 0 Å². The van der Waals surface area contributed by atoms with E-state index in [9.17, 15) is 9.59 Å². The summed E-state index contributed by atoms with van der Waals surface area (Å²) in [5.74, 6) is -0.931. The molecule has 0 aliphatic rings. The van der Waals surface area contributed by atoms with Crippen LogP contribution < -0.4 is 5.32 Å². The average molecular weight is 232 g/mol. The summed E-state index contributed by atoms with van der Waals surface area (Å²) >= 11 is 0. The Morgan fingerprint density at radius 3 is 2.44 bits per heavy atom. The van der Waals surface area contributed by atoms with Crippen molar-refractivity contribution in [3.05, 3.63) is 0 Å². The molecule has 0 fully saturated rings. The topological polar surface area (TPSA) is 75.6 Å². The van der Waals surface area contributed by atoms with Crippen molar-refractivity contribution < 1.29 is 20.8 Å². The molecule has 0 heterocycles. The molecule has 1 amide bonds. The van der Waals surface area contributed by atoms with Crippen molar-refractivity contribution in [1.82, 2.24) is 5.32 Å². The molecule has 0 aliphatic heterocycles. The number of rotatable bonds is 4. The second-order valence-corrected chi connectivity index (χ2v) is 4.81. The van der Waals surface area contributed by atoms with Crippen molar-refractivity contribution in [1.29, 1.82) is 0 Å². The number of carboxylic acids is 1. The number of alkyl carbamates (subject to hydrolysis) is 1. The molecule has 0 radical (unpaired) electrons. The number of nitrogens with one attached hydrogen (secondary N) is 1. The fraction of sp³-hybridized carbons (Fsp3) is 0.818. The molecule has 0 saturated heterocycles. The van der Waals surface area contributed by atoms with Gasteiger partial charge in [-0.2, -0.15) is 0 Å². The molecule has 0 spiro atoms. The summed E-state index contributed by atoms with van der Waals surface area (Å²) in [5, 5.41) is 11.2. The molecule has 5 heteroatoms. The van der Waals surface area contributed by atoms with E-state index in [2.05, 4.69) is 5.32 Å². The predicted octanol–water partition coefficient (Wildman–Crippen LogP) is 2.01. The summed E-state index contributed by atoms with van der Waals surface area (Å²) in [5.41, 5.74) is -0.912. The van der Waals surface area contributed by atoms with Crippen LogP contribution in [0.3, 0.4) is 0 Å². The number of hydrogen-bond acceptors (Lipinski definition) is 3. The largest absolute Gasteiger partial charge is 0.480 e. The van der Waals surface area contributed by atoms with E-state index in [-0.39, 0.29) is 12.8 Å². The van der Waals surface area contributed by atoms with Gasteiger partial charge in [-0.25, -0.2) is 9.59 Å². The molecule has 5 nitrogen and oxygen atoms in total. The lowest BCUT2D eigenvalue weighted by Crippen LogP contribution is -2.44. The first-order valence-corrected chi connectivity index (χ1v) is 5.19. The maximum absolute atomic E-state index is 11.4. The van der Waals surface area contributed by atoms with Crippen molar-refractivity contribution in [3.63, 3.8) is 0 Å². The van der Waals surface area contributed by atoms with Gasteiger partial charge in [-0.05, 0) is 33.1 Å². The van der Waals surface area contributed by atoms with Gasteiger partial charge >= 0.3 is 12.1 Å². The zero-order valence-corrected chi connectivity index (χ0v) is 10.2. The molecule has 2 N–H and O–H groups in total. The minimum Gasteiger partial charge on any atom is -0.480 e. The lowest BCUT2D eigenvalue weighted by molar-refractivity contribution is -0.139. The predicted molar refractivity (Wildman–Crippen MR) is 60.2 cm³/mol. The standard InChI is InChI=1S/C11H21NO4/c1-7(2)6-8(9(13)14)12-10(15)16-11(3,4)5/h7-8H,6H2,1-5H3,(H,12,15)(H,13,14)/t8-/m0/s1/i3D. The Kier molecular flexibility index (Phi) is 4.58. The first-order valence-electron chi connectivity index (χ1n) is 5.90. The van der Waals surface area contributed by atoms with Gasteiger partial charge in [0, 0.05) is 1.37 Å². The summed E-state index contributed by atoms with van der Waals surface area (Å²) in [6.45, 7) is 6.85. The molecule has 0 bridgehead atoms. The van der Waals surface area contributed by atoms with Crippen molar-refractivity contribution >= 4 is 12.1 Å². The van der Waals surface area contributed by atoms with Gasteiger partial charge in [0.1, 0.15) is 11.6 Å². The molecule has 0 aliphatic carbocycles. The normalized spacial score (nSPS) is 14.2. The maximum Gasteiger partial charge on any atom is 0.408 e. The Labute approximate surface area is 97.6 Å². The average Bonchev–Trinajstić information content (AvgIpc) is 2.15. The monoisotopic (exact) mass is 232 g/mol. The Balaban J connectivity index is 4.37. The van der Waals surface area contributed by atoms with Crippen molar-refractivity contribution in [2.75, 3.05) is 0 Å². The molecular weight excluding hydrogens is 210 g/mol. The first-order chi connectivity index (χ1) is 7.68. The van der Waals surface area contributed by atoms with Crippen LogP contribution in [-0.4, -0.2) is 28.8 Å². The number of carboxylic acid groups (broad SMARTS) is 1. The lowest BCUT2D eigenvalue weighted by atomic mass is 10.0. The van der Waals surface area contributed by atoms with Crippen LogP contribution >= 0.6 is 0 Å². The summed E-state index contributed by atoms with van der Waals surface area (Å²) < 4.78 is 12.1. The van der Waals surface area contributed by atoms with Crippen LogP contribution in [0.5, 0.6) is 0 Å². The highest BCUT2D eigenvalue weighted by Crippen LogP contribution is 2.09. The van der Waals surface area contributed by atoms with Gasteiger partial charge in [0.05, 0.1) is 0 Å². The molecule has 0 aromatic carbocycles. The number of amides is 1. The molecule has 16 heavy (non-hydrogen) atoms. The number of hydrogen-bond donors (Lipinski definition) is 2. The molecule has 94 valence electrons. The highest BCUT2D eigenvalue weighted by atomic mass is 16.6. The zero-order valence-electron chi connectivity index (χ0n) is 11.2. The molecule has 0 rings (SSSR count). The fourth-order valence-electron chi connectivity index (χ4n) is 1.12. The Morgan fingerprint density at radius 2 is 2.06 bits per heavy atom. The highest BCUT2D eigenvalue weighted by molar-refractivity contribution is 5.79.